The van der Waals surface area contributed by atoms with Gasteiger partial charge in [0.15, 0.2) is 0 Å². The first-order valence-electron chi connectivity index (χ1n) is 5.81. The summed E-state index contributed by atoms with van der Waals surface area (Å²) in [6.07, 6.45) is 0. The van der Waals surface area contributed by atoms with Gasteiger partial charge < -0.3 is 15.4 Å². The third kappa shape index (κ3) is 4.20. The molecular weight excluding hydrogens is 252 g/mol. The second-order valence-electron chi connectivity index (χ2n) is 4.31. The highest BCUT2D eigenvalue weighted by Gasteiger charge is 2.12. The topological polar surface area (TPSA) is 55.6 Å². The van der Waals surface area contributed by atoms with Crippen LogP contribution >= 0.6 is 11.6 Å². The molecule has 0 aliphatic rings. The molecule has 1 amide bonds. The Bertz CT molecular complexity index is 421. The molecule has 5 heteroatoms. The molecule has 2 N–H and O–H groups in total. The fourth-order valence-corrected chi connectivity index (χ4v) is 1.75. The molecule has 0 bridgehead atoms. The van der Waals surface area contributed by atoms with Crippen LogP contribution in [0, 0.1) is 6.92 Å². The molecule has 18 heavy (non-hydrogen) atoms. The molecule has 0 heterocycles. The number of nitrogens with zero attached hydrogens (tertiary/aromatic N) is 1. The van der Waals surface area contributed by atoms with Crippen LogP contribution in [-0.4, -0.2) is 37.0 Å². The summed E-state index contributed by atoms with van der Waals surface area (Å²) in [6.45, 7) is 4.53. The minimum atomic E-state index is -0.479. The Labute approximate surface area is 113 Å². The highest BCUT2D eigenvalue weighted by Crippen LogP contribution is 2.21. The van der Waals surface area contributed by atoms with E-state index in [0.29, 0.717) is 18.2 Å². The van der Waals surface area contributed by atoms with E-state index in [-0.39, 0.29) is 5.91 Å². The number of ether oxygens (including phenoxy) is 1. The van der Waals surface area contributed by atoms with Crippen molar-refractivity contribution in [3.8, 4) is 5.75 Å². The molecule has 1 atom stereocenters. The molecular formula is C13H19ClN2O2. The van der Waals surface area contributed by atoms with Crippen molar-refractivity contribution in [1.82, 2.24) is 4.90 Å². The first kappa shape index (κ1) is 14.8. The van der Waals surface area contributed by atoms with E-state index in [0.717, 1.165) is 11.3 Å². The second kappa shape index (κ2) is 6.61. The predicted molar refractivity (Wildman–Crippen MR) is 73.0 cm³/mol. The normalized spacial score (nSPS) is 12.1. The van der Waals surface area contributed by atoms with Crippen LogP contribution in [0.3, 0.4) is 0 Å². The molecule has 0 aromatic heterocycles. The average Bonchev–Trinajstić information content (AvgIpc) is 2.30. The van der Waals surface area contributed by atoms with E-state index in [1.165, 1.54) is 0 Å². The number of likely N-dealkylation sites (N-methyl/N-ethyl adjacent to an activating group) is 1. The van der Waals surface area contributed by atoms with Gasteiger partial charge in [-0.3, -0.25) is 4.79 Å². The van der Waals surface area contributed by atoms with Crippen LogP contribution in [0.15, 0.2) is 18.2 Å². The summed E-state index contributed by atoms with van der Waals surface area (Å²) in [7, 11) is 1.71. The van der Waals surface area contributed by atoms with Gasteiger partial charge in [-0.2, -0.15) is 0 Å². The summed E-state index contributed by atoms with van der Waals surface area (Å²) < 4.78 is 5.60. The van der Waals surface area contributed by atoms with Gasteiger partial charge in [-0.05, 0) is 37.6 Å². The minimum Gasteiger partial charge on any atom is -0.491 e. The Morgan fingerprint density at radius 3 is 2.78 bits per heavy atom. The van der Waals surface area contributed by atoms with E-state index in [4.69, 9.17) is 22.1 Å². The first-order chi connectivity index (χ1) is 8.41. The number of hydrogen-bond donors (Lipinski definition) is 1. The van der Waals surface area contributed by atoms with Crippen molar-refractivity contribution in [3.63, 3.8) is 0 Å². The third-order valence-corrected chi connectivity index (χ3v) is 2.82. The van der Waals surface area contributed by atoms with E-state index < -0.39 is 6.04 Å². The van der Waals surface area contributed by atoms with E-state index in [1.807, 2.05) is 19.1 Å². The summed E-state index contributed by atoms with van der Waals surface area (Å²) in [5, 5.41) is 0.684. The molecule has 1 aromatic carbocycles. The molecule has 0 fully saturated rings. The molecule has 0 aliphatic heterocycles. The Balaban J connectivity index is 2.44. The number of carbonyl (C=O) groups is 1. The fraction of sp³-hybridized carbons (Fsp3) is 0.462. The van der Waals surface area contributed by atoms with Gasteiger partial charge in [0.25, 0.3) is 0 Å². The summed E-state index contributed by atoms with van der Waals surface area (Å²) in [5.41, 5.74) is 6.49. The summed E-state index contributed by atoms with van der Waals surface area (Å²) >= 11 is 5.86. The highest BCUT2D eigenvalue weighted by atomic mass is 35.5. The molecule has 0 spiro atoms. The number of hydrogen-bond acceptors (Lipinski definition) is 3. The highest BCUT2D eigenvalue weighted by molar-refractivity contribution is 6.30. The minimum absolute atomic E-state index is 0.0913. The molecule has 1 rings (SSSR count). The Hall–Kier alpha value is -1.26. The van der Waals surface area contributed by atoms with Crippen molar-refractivity contribution in [2.75, 3.05) is 20.2 Å². The molecule has 0 saturated heterocycles. The maximum atomic E-state index is 11.5. The molecule has 0 aliphatic carbocycles. The van der Waals surface area contributed by atoms with Gasteiger partial charge in [0.05, 0.1) is 12.6 Å². The van der Waals surface area contributed by atoms with Crippen molar-refractivity contribution in [2.45, 2.75) is 19.9 Å². The largest absolute Gasteiger partial charge is 0.491 e. The van der Waals surface area contributed by atoms with Gasteiger partial charge in [0.1, 0.15) is 12.4 Å². The smallest absolute Gasteiger partial charge is 0.239 e. The van der Waals surface area contributed by atoms with Crippen molar-refractivity contribution in [3.05, 3.63) is 28.8 Å². The zero-order chi connectivity index (χ0) is 13.7. The van der Waals surface area contributed by atoms with E-state index >= 15 is 0 Å². The van der Waals surface area contributed by atoms with Gasteiger partial charge in [-0.15, -0.1) is 0 Å². The summed E-state index contributed by atoms with van der Waals surface area (Å²) in [4.78, 5) is 13.1. The van der Waals surface area contributed by atoms with Crippen LogP contribution < -0.4 is 10.5 Å². The number of nitrogens with two attached hydrogens (primary N) is 1. The third-order valence-electron chi connectivity index (χ3n) is 2.59. The van der Waals surface area contributed by atoms with Gasteiger partial charge in [0.2, 0.25) is 5.91 Å². The van der Waals surface area contributed by atoms with Crippen LogP contribution in [0.2, 0.25) is 5.02 Å². The van der Waals surface area contributed by atoms with Gasteiger partial charge >= 0.3 is 0 Å². The first-order valence-corrected chi connectivity index (χ1v) is 6.19. The monoisotopic (exact) mass is 270 g/mol. The van der Waals surface area contributed by atoms with Crippen molar-refractivity contribution in [1.29, 1.82) is 0 Å². The van der Waals surface area contributed by atoms with Crippen LogP contribution in [0.25, 0.3) is 0 Å². The molecule has 100 valence electrons. The van der Waals surface area contributed by atoms with E-state index in [1.54, 1.807) is 24.9 Å². The summed E-state index contributed by atoms with van der Waals surface area (Å²) in [6, 6.07) is 4.96. The van der Waals surface area contributed by atoms with E-state index in [9.17, 15) is 4.79 Å². The predicted octanol–water partition coefficient (Wildman–Crippen LogP) is 1.83. The Morgan fingerprint density at radius 2 is 2.22 bits per heavy atom. The van der Waals surface area contributed by atoms with E-state index in [2.05, 4.69) is 0 Å². The summed E-state index contributed by atoms with van der Waals surface area (Å²) in [5.74, 6) is 0.687. The molecule has 1 aromatic rings. The molecule has 0 radical (unpaired) electrons. The Morgan fingerprint density at radius 1 is 1.56 bits per heavy atom. The maximum absolute atomic E-state index is 11.5. The number of carbonyl (C=O) groups excluding carboxylic acids is 1. The number of benzene rings is 1. The quantitative estimate of drug-likeness (QED) is 0.888. The lowest BCUT2D eigenvalue weighted by atomic mass is 10.2. The fourth-order valence-electron chi connectivity index (χ4n) is 1.53. The lowest BCUT2D eigenvalue weighted by molar-refractivity contribution is -0.131. The van der Waals surface area contributed by atoms with Crippen molar-refractivity contribution < 1.29 is 9.53 Å². The van der Waals surface area contributed by atoms with Gasteiger partial charge in [0, 0.05) is 12.1 Å². The number of amides is 1. The average molecular weight is 271 g/mol. The van der Waals surface area contributed by atoms with Gasteiger partial charge in [-0.25, -0.2) is 0 Å². The number of rotatable bonds is 5. The van der Waals surface area contributed by atoms with Crippen LogP contribution in [0.5, 0.6) is 5.75 Å². The molecule has 0 saturated carbocycles. The molecule has 4 nitrogen and oxygen atoms in total. The van der Waals surface area contributed by atoms with Crippen LogP contribution in [-0.2, 0) is 4.79 Å². The van der Waals surface area contributed by atoms with Crippen molar-refractivity contribution in [2.24, 2.45) is 5.73 Å². The number of aryl methyl sites for hydroxylation is 1. The number of halogens is 1. The zero-order valence-corrected chi connectivity index (χ0v) is 11.7. The Kier molecular flexibility index (Phi) is 5.44. The lowest BCUT2D eigenvalue weighted by Gasteiger charge is -2.19. The second-order valence-corrected chi connectivity index (χ2v) is 4.74. The SMILES string of the molecule is Cc1cc(Cl)ccc1OCCN(C)C(=O)C(C)N. The van der Waals surface area contributed by atoms with Crippen LogP contribution in [0.1, 0.15) is 12.5 Å². The zero-order valence-electron chi connectivity index (χ0n) is 10.9. The lowest BCUT2D eigenvalue weighted by Crippen LogP contribution is -2.41. The standard InChI is InChI=1S/C13H19ClN2O2/c1-9-8-11(14)4-5-12(9)18-7-6-16(3)13(17)10(2)15/h4-5,8,10H,6-7,15H2,1-3H3. The van der Waals surface area contributed by atoms with Gasteiger partial charge in [-0.1, -0.05) is 11.6 Å². The molecule has 1 unspecified atom stereocenters. The maximum Gasteiger partial charge on any atom is 0.239 e. The van der Waals surface area contributed by atoms with Crippen LogP contribution in [0.4, 0.5) is 0 Å². The van der Waals surface area contributed by atoms with Crippen molar-refractivity contribution >= 4 is 17.5 Å².